The molecule has 0 radical (unpaired) electrons. The Morgan fingerprint density at radius 1 is 0.867 bits per heavy atom. The third kappa shape index (κ3) is 3.78. The lowest BCUT2D eigenvalue weighted by Gasteiger charge is -2.34. The van der Waals surface area contributed by atoms with Gasteiger partial charge < -0.3 is 9.80 Å². The summed E-state index contributed by atoms with van der Waals surface area (Å²) in [6.45, 7) is 5.29. The fraction of sp³-hybridized carbons (Fsp3) is 0.292. The summed E-state index contributed by atoms with van der Waals surface area (Å²) in [5, 5.41) is 0. The van der Waals surface area contributed by atoms with Crippen LogP contribution in [0.15, 0.2) is 66.9 Å². The number of hydrogen-bond donors (Lipinski definition) is 0. The average Bonchev–Trinajstić information content (AvgIpc) is 3.24. The summed E-state index contributed by atoms with van der Waals surface area (Å²) in [6, 6.07) is 20.4. The summed E-state index contributed by atoms with van der Waals surface area (Å²) in [6.07, 6.45) is 2.59. The highest BCUT2D eigenvalue weighted by Gasteiger charge is 2.27. The molecule has 1 saturated heterocycles. The van der Waals surface area contributed by atoms with E-state index in [-0.39, 0.29) is 5.91 Å². The molecule has 0 atom stereocenters. The van der Waals surface area contributed by atoms with Gasteiger partial charge in [0.25, 0.3) is 5.91 Å². The van der Waals surface area contributed by atoms with Crippen LogP contribution >= 0.6 is 0 Å². The molecule has 152 valence electrons. The maximum absolute atomic E-state index is 13.1. The molecule has 30 heavy (non-hydrogen) atoms. The first-order valence-corrected chi connectivity index (χ1v) is 10.5. The number of amides is 1. The molecule has 6 nitrogen and oxygen atoms in total. The molecule has 0 N–H and O–H groups in total. The predicted molar refractivity (Wildman–Crippen MR) is 118 cm³/mol. The van der Waals surface area contributed by atoms with Crippen LogP contribution in [0, 0.1) is 0 Å². The number of piperazine rings is 1. The van der Waals surface area contributed by atoms with Crippen molar-refractivity contribution in [1.29, 1.82) is 0 Å². The molecule has 1 aromatic heterocycles. The van der Waals surface area contributed by atoms with Gasteiger partial charge in [-0.1, -0.05) is 48.5 Å². The molecule has 2 aromatic carbocycles. The Morgan fingerprint density at radius 3 is 2.47 bits per heavy atom. The van der Waals surface area contributed by atoms with Crippen LogP contribution in [-0.4, -0.2) is 53.5 Å². The minimum absolute atomic E-state index is 0.0497. The Balaban J connectivity index is 1.25. The topological polar surface area (TPSA) is 52.6 Å². The third-order valence-electron chi connectivity index (χ3n) is 5.90. The van der Waals surface area contributed by atoms with Crippen molar-refractivity contribution in [2.45, 2.75) is 13.0 Å². The lowest BCUT2D eigenvalue weighted by molar-refractivity contribution is 0.0984. The van der Waals surface area contributed by atoms with Crippen LogP contribution in [0.5, 0.6) is 0 Å². The first-order chi connectivity index (χ1) is 14.8. The first kappa shape index (κ1) is 18.8. The normalized spacial score (nSPS) is 16.5. The van der Waals surface area contributed by atoms with Gasteiger partial charge in [0, 0.05) is 51.2 Å². The van der Waals surface area contributed by atoms with E-state index in [9.17, 15) is 4.79 Å². The second-order valence-electron chi connectivity index (χ2n) is 7.83. The van der Waals surface area contributed by atoms with Gasteiger partial charge in [-0.15, -0.1) is 0 Å². The second kappa shape index (κ2) is 8.24. The van der Waals surface area contributed by atoms with E-state index in [1.165, 1.54) is 11.1 Å². The number of hydrogen-bond acceptors (Lipinski definition) is 5. The maximum Gasteiger partial charge on any atom is 0.277 e. The molecular weight excluding hydrogens is 374 g/mol. The van der Waals surface area contributed by atoms with Gasteiger partial charge in [-0.25, -0.2) is 9.97 Å². The van der Waals surface area contributed by atoms with Crippen molar-refractivity contribution in [2.24, 2.45) is 0 Å². The minimum Gasteiger partial charge on any atom is -0.338 e. The number of nitrogens with zero attached hydrogens (tertiary/aromatic N) is 5. The van der Waals surface area contributed by atoms with Crippen LogP contribution in [0.3, 0.4) is 0 Å². The standard InChI is InChI=1S/C24H25N5O/c30-23(29-13-11-20-8-4-5-9-22(20)29)21-10-12-25-24(26-21)28-16-14-27(15-17-28)18-19-6-2-1-3-7-19/h1-10,12H,11,13-18H2. The Hall–Kier alpha value is -3.25. The zero-order valence-corrected chi connectivity index (χ0v) is 16.9. The molecule has 3 heterocycles. The number of carbonyl (C=O) groups is 1. The Labute approximate surface area is 176 Å². The van der Waals surface area contributed by atoms with Crippen molar-refractivity contribution in [3.63, 3.8) is 0 Å². The number of para-hydroxylation sites is 1. The molecule has 1 amide bonds. The van der Waals surface area contributed by atoms with E-state index in [4.69, 9.17) is 0 Å². The van der Waals surface area contributed by atoms with Crippen molar-refractivity contribution in [1.82, 2.24) is 14.9 Å². The van der Waals surface area contributed by atoms with E-state index in [0.29, 0.717) is 18.2 Å². The molecule has 2 aliphatic heterocycles. The summed E-state index contributed by atoms with van der Waals surface area (Å²) >= 11 is 0. The van der Waals surface area contributed by atoms with Crippen LogP contribution in [-0.2, 0) is 13.0 Å². The van der Waals surface area contributed by atoms with Gasteiger partial charge in [0.2, 0.25) is 5.95 Å². The lowest BCUT2D eigenvalue weighted by atomic mass is 10.2. The van der Waals surface area contributed by atoms with E-state index in [2.05, 4.69) is 50.1 Å². The highest BCUT2D eigenvalue weighted by atomic mass is 16.2. The van der Waals surface area contributed by atoms with Crippen LogP contribution in [0.2, 0.25) is 0 Å². The van der Waals surface area contributed by atoms with Gasteiger partial charge in [0.1, 0.15) is 5.69 Å². The Morgan fingerprint density at radius 2 is 1.63 bits per heavy atom. The summed E-state index contributed by atoms with van der Waals surface area (Å²) in [7, 11) is 0. The number of fused-ring (bicyclic) bond motifs is 1. The van der Waals surface area contributed by atoms with Gasteiger partial charge in [0.15, 0.2) is 0 Å². The summed E-state index contributed by atoms with van der Waals surface area (Å²) in [4.78, 5) is 28.6. The Kier molecular flexibility index (Phi) is 5.15. The fourth-order valence-electron chi connectivity index (χ4n) is 4.25. The summed E-state index contributed by atoms with van der Waals surface area (Å²) < 4.78 is 0. The number of aromatic nitrogens is 2. The van der Waals surface area contributed by atoms with Crippen LogP contribution < -0.4 is 9.80 Å². The molecule has 0 saturated carbocycles. The highest BCUT2D eigenvalue weighted by Crippen LogP contribution is 2.28. The van der Waals surface area contributed by atoms with Crippen LogP contribution in [0.25, 0.3) is 0 Å². The smallest absolute Gasteiger partial charge is 0.277 e. The van der Waals surface area contributed by atoms with E-state index in [1.807, 2.05) is 29.2 Å². The van der Waals surface area contributed by atoms with Crippen LogP contribution in [0.1, 0.15) is 21.6 Å². The molecule has 0 unspecified atom stereocenters. The predicted octanol–water partition coefficient (Wildman–Crippen LogP) is 3.00. The number of anilines is 2. The Bertz CT molecular complexity index is 1030. The molecule has 0 bridgehead atoms. The molecule has 6 heteroatoms. The molecule has 5 rings (SSSR count). The van der Waals surface area contributed by atoms with Crippen molar-refractivity contribution in [2.75, 3.05) is 42.5 Å². The van der Waals surface area contributed by atoms with Crippen LogP contribution in [0.4, 0.5) is 11.6 Å². The third-order valence-corrected chi connectivity index (χ3v) is 5.90. The van der Waals surface area contributed by atoms with Crippen molar-refractivity contribution in [3.8, 4) is 0 Å². The quantitative estimate of drug-likeness (QED) is 0.675. The maximum atomic E-state index is 13.1. The average molecular weight is 399 g/mol. The highest BCUT2D eigenvalue weighted by molar-refractivity contribution is 6.06. The van der Waals surface area contributed by atoms with Gasteiger partial charge in [-0.2, -0.15) is 0 Å². The number of carbonyl (C=O) groups excluding carboxylic acids is 1. The molecule has 1 fully saturated rings. The van der Waals surface area contributed by atoms with Crippen molar-refractivity contribution >= 4 is 17.5 Å². The van der Waals surface area contributed by atoms with E-state index in [0.717, 1.165) is 44.8 Å². The minimum atomic E-state index is -0.0497. The molecule has 0 aliphatic carbocycles. The zero-order valence-electron chi connectivity index (χ0n) is 16.9. The number of rotatable bonds is 4. The van der Waals surface area contributed by atoms with Gasteiger partial charge >= 0.3 is 0 Å². The van der Waals surface area contributed by atoms with E-state index in [1.54, 1.807) is 12.3 Å². The van der Waals surface area contributed by atoms with Crippen molar-refractivity contribution in [3.05, 3.63) is 83.7 Å². The molecule has 0 spiro atoms. The largest absolute Gasteiger partial charge is 0.338 e. The summed E-state index contributed by atoms with van der Waals surface area (Å²) in [5.74, 6) is 0.596. The first-order valence-electron chi connectivity index (χ1n) is 10.5. The fourth-order valence-corrected chi connectivity index (χ4v) is 4.25. The van der Waals surface area contributed by atoms with Gasteiger partial charge in [-0.05, 0) is 29.7 Å². The number of benzene rings is 2. The SMILES string of the molecule is O=C(c1ccnc(N2CCN(Cc3ccccc3)CC2)n1)N1CCc2ccccc21. The molecule has 2 aliphatic rings. The molecule has 3 aromatic rings. The monoisotopic (exact) mass is 399 g/mol. The lowest BCUT2D eigenvalue weighted by Crippen LogP contribution is -2.46. The second-order valence-corrected chi connectivity index (χ2v) is 7.83. The van der Waals surface area contributed by atoms with Crippen molar-refractivity contribution < 1.29 is 4.79 Å². The molecular formula is C24H25N5O. The van der Waals surface area contributed by atoms with Gasteiger partial charge in [-0.3, -0.25) is 9.69 Å². The summed E-state index contributed by atoms with van der Waals surface area (Å²) in [5.41, 5.74) is 4.01. The zero-order chi connectivity index (χ0) is 20.3. The van der Waals surface area contributed by atoms with E-state index < -0.39 is 0 Å². The van der Waals surface area contributed by atoms with Gasteiger partial charge in [0.05, 0.1) is 0 Å². The van der Waals surface area contributed by atoms with E-state index >= 15 is 0 Å².